The molecule has 0 radical (unpaired) electrons. The van der Waals surface area contributed by atoms with Crippen LogP contribution in [0.3, 0.4) is 0 Å². The maximum Gasteiger partial charge on any atom is 0.266 e. The minimum atomic E-state index is -0.385. The molecule has 1 N–H and O–H groups in total. The summed E-state index contributed by atoms with van der Waals surface area (Å²) in [5, 5.41) is 2.81. The summed E-state index contributed by atoms with van der Waals surface area (Å²) >= 11 is 0. The van der Waals surface area contributed by atoms with E-state index in [-0.39, 0.29) is 35.9 Å². The molecule has 3 aromatic carbocycles. The summed E-state index contributed by atoms with van der Waals surface area (Å²) in [6, 6.07) is 19.4. The van der Waals surface area contributed by atoms with Gasteiger partial charge in [0.05, 0.1) is 16.8 Å². The number of fused-ring (bicyclic) bond motifs is 1. The summed E-state index contributed by atoms with van der Waals surface area (Å²) in [7, 11) is 0. The molecule has 3 aromatic rings. The maximum atomic E-state index is 13.1. The second-order valence-electron chi connectivity index (χ2n) is 7.25. The van der Waals surface area contributed by atoms with Gasteiger partial charge in [-0.2, -0.15) is 0 Å². The van der Waals surface area contributed by atoms with Crippen molar-refractivity contribution in [2.45, 2.75) is 19.3 Å². The van der Waals surface area contributed by atoms with E-state index in [1.54, 1.807) is 60.7 Å². The van der Waals surface area contributed by atoms with Gasteiger partial charge < -0.3 is 5.32 Å². The quantitative estimate of drug-likeness (QED) is 0.626. The third-order valence-electron chi connectivity index (χ3n) is 5.11. The second-order valence-corrected chi connectivity index (χ2v) is 7.25. The summed E-state index contributed by atoms with van der Waals surface area (Å²) in [6.07, 6.45) is 0.211. The van der Waals surface area contributed by atoms with Crippen molar-refractivity contribution in [1.82, 2.24) is 0 Å². The monoisotopic (exact) mass is 402 g/mol. The Balaban J connectivity index is 1.48. The Morgan fingerprint density at radius 2 is 1.57 bits per heavy atom. The number of carbonyl (C=O) groups is 3. The van der Waals surface area contributed by atoms with Crippen molar-refractivity contribution < 1.29 is 18.8 Å². The summed E-state index contributed by atoms with van der Waals surface area (Å²) in [5.41, 5.74) is 2.48. The maximum absolute atomic E-state index is 13.1. The van der Waals surface area contributed by atoms with Gasteiger partial charge in [-0.1, -0.05) is 37.3 Å². The number of anilines is 2. The van der Waals surface area contributed by atoms with Crippen molar-refractivity contribution in [2.24, 2.45) is 0 Å². The first-order chi connectivity index (χ1) is 14.4. The highest BCUT2D eigenvalue weighted by Crippen LogP contribution is 2.30. The standard InChI is InChI=1S/C24H19FN2O3/c1-15(16-9-11-17(25)12-10-16)13-22(28)26-18-5-4-6-19(14-18)27-23(29)20-7-2-3-8-21(20)24(27)30/h2-12,14-15H,13H2,1H3,(H,26,28). The minimum Gasteiger partial charge on any atom is -0.326 e. The number of benzene rings is 3. The van der Waals surface area contributed by atoms with Crippen LogP contribution < -0.4 is 10.2 Å². The largest absolute Gasteiger partial charge is 0.326 e. The highest BCUT2D eigenvalue weighted by molar-refractivity contribution is 6.34. The molecule has 1 aliphatic rings. The number of hydrogen-bond acceptors (Lipinski definition) is 3. The lowest BCUT2D eigenvalue weighted by Gasteiger charge is -2.16. The van der Waals surface area contributed by atoms with Gasteiger partial charge >= 0.3 is 0 Å². The molecule has 30 heavy (non-hydrogen) atoms. The number of hydrogen-bond donors (Lipinski definition) is 1. The fourth-order valence-electron chi connectivity index (χ4n) is 3.55. The lowest BCUT2D eigenvalue weighted by molar-refractivity contribution is -0.116. The SMILES string of the molecule is CC(CC(=O)Nc1cccc(N2C(=O)c3ccccc3C2=O)c1)c1ccc(F)cc1. The topological polar surface area (TPSA) is 66.5 Å². The molecule has 4 rings (SSSR count). The zero-order chi connectivity index (χ0) is 21.3. The van der Waals surface area contributed by atoms with Gasteiger partial charge in [0.25, 0.3) is 11.8 Å². The third-order valence-corrected chi connectivity index (χ3v) is 5.11. The minimum absolute atomic E-state index is 0.0926. The van der Waals surface area contributed by atoms with E-state index in [1.165, 1.54) is 12.1 Å². The molecule has 1 unspecified atom stereocenters. The molecular weight excluding hydrogens is 383 g/mol. The van der Waals surface area contributed by atoms with E-state index in [9.17, 15) is 18.8 Å². The average Bonchev–Trinajstić information content (AvgIpc) is 2.99. The van der Waals surface area contributed by atoms with E-state index in [1.807, 2.05) is 6.92 Å². The molecule has 3 amide bonds. The van der Waals surface area contributed by atoms with Crippen molar-refractivity contribution in [3.8, 4) is 0 Å². The molecule has 0 aliphatic carbocycles. The van der Waals surface area contributed by atoms with E-state index < -0.39 is 0 Å². The van der Waals surface area contributed by atoms with Crippen LogP contribution in [0.5, 0.6) is 0 Å². The van der Waals surface area contributed by atoms with Gasteiger partial charge in [0.15, 0.2) is 0 Å². The Kier molecular flexibility index (Phi) is 5.14. The highest BCUT2D eigenvalue weighted by atomic mass is 19.1. The molecule has 0 fully saturated rings. The fraction of sp³-hybridized carbons (Fsp3) is 0.125. The van der Waals surface area contributed by atoms with Gasteiger partial charge in [0, 0.05) is 12.1 Å². The molecule has 1 aliphatic heterocycles. The smallest absolute Gasteiger partial charge is 0.266 e. The summed E-state index contributed by atoms with van der Waals surface area (Å²) in [5.74, 6) is -1.40. The van der Waals surface area contributed by atoms with Crippen LogP contribution in [0.15, 0.2) is 72.8 Å². The van der Waals surface area contributed by atoms with Crippen molar-refractivity contribution in [2.75, 3.05) is 10.2 Å². The third kappa shape index (κ3) is 3.72. The van der Waals surface area contributed by atoms with Crippen LogP contribution in [0.4, 0.5) is 15.8 Å². The molecule has 5 nitrogen and oxygen atoms in total. The van der Waals surface area contributed by atoms with Gasteiger partial charge in [-0.15, -0.1) is 0 Å². The van der Waals surface area contributed by atoms with E-state index >= 15 is 0 Å². The van der Waals surface area contributed by atoms with E-state index in [4.69, 9.17) is 0 Å². The van der Waals surface area contributed by atoms with E-state index in [0.29, 0.717) is 22.5 Å². The molecule has 6 heteroatoms. The Hall–Kier alpha value is -3.80. The van der Waals surface area contributed by atoms with Gasteiger partial charge in [-0.3, -0.25) is 14.4 Å². The number of carbonyl (C=O) groups excluding carboxylic acids is 3. The van der Waals surface area contributed by atoms with Crippen LogP contribution in [0.1, 0.15) is 45.5 Å². The molecule has 1 atom stereocenters. The van der Waals surface area contributed by atoms with Crippen molar-refractivity contribution in [1.29, 1.82) is 0 Å². The van der Waals surface area contributed by atoms with Gasteiger partial charge in [-0.25, -0.2) is 9.29 Å². The molecule has 0 saturated heterocycles. The molecule has 150 valence electrons. The first-order valence-corrected chi connectivity index (χ1v) is 9.57. The zero-order valence-electron chi connectivity index (χ0n) is 16.3. The molecule has 0 saturated carbocycles. The van der Waals surface area contributed by atoms with Crippen LogP contribution in [-0.2, 0) is 4.79 Å². The van der Waals surface area contributed by atoms with Crippen LogP contribution in [0.2, 0.25) is 0 Å². The summed E-state index contributed by atoms with van der Waals surface area (Å²) in [6.45, 7) is 1.89. The van der Waals surface area contributed by atoms with Gasteiger partial charge in [0.2, 0.25) is 5.91 Å². The second kappa shape index (κ2) is 7.91. The van der Waals surface area contributed by atoms with Crippen LogP contribution in [0, 0.1) is 5.82 Å². The summed E-state index contributed by atoms with van der Waals surface area (Å²) in [4.78, 5) is 38.9. The Bertz CT molecular complexity index is 1110. The van der Waals surface area contributed by atoms with Gasteiger partial charge in [0.1, 0.15) is 5.82 Å². The fourth-order valence-corrected chi connectivity index (χ4v) is 3.55. The first-order valence-electron chi connectivity index (χ1n) is 9.57. The van der Waals surface area contributed by atoms with Crippen molar-refractivity contribution in [3.05, 3.63) is 95.3 Å². The Morgan fingerprint density at radius 3 is 2.20 bits per heavy atom. The predicted octanol–water partition coefficient (Wildman–Crippen LogP) is 4.76. The van der Waals surface area contributed by atoms with Crippen molar-refractivity contribution in [3.63, 3.8) is 0 Å². The van der Waals surface area contributed by atoms with Crippen LogP contribution >= 0.6 is 0 Å². The zero-order valence-corrected chi connectivity index (χ0v) is 16.3. The number of amides is 3. The lowest BCUT2D eigenvalue weighted by Crippen LogP contribution is -2.29. The molecule has 1 heterocycles. The molecular formula is C24H19FN2O3. The van der Waals surface area contributed by atoms with E-state index in [2.05, 4.69) is 5.32 Å². The Labute approximate surface area is 173 Å². The lowest BCUT2D eigenvalue weighted by atomic mass is 9.97. The number of nitrogens with one attached hydrogen (secondary N) is 1. The predicted molar refractivity (Wildman–Crippen MR) is 112 cm³/mol. The van der Waals surface area contributed by atoms with Crippen LogP contribution in [-0.4, -0.2) is 17.7 Å². The number of nitrogens with zero attached hydrogens (tertiary/aromatic N) is 1. The number of rotatable bonds is 5. The first kappa shape index (κ1) is 19.5. The van der Waals surface area contributed by atoms with E-state index in [0.717, 1.165) is 10.5 Å². The molecule has 0 aromatic heterocycles. The normalized spacial score (nSPS) is 13.9. The Morgan fingerprint density at radius 1 is 0.933 bits per heavy atom. The number of imide groups is 1. The van der Waals surface area contributed by atoms with Crippen molar-refractivity contribution >= 4 is 29.1 Å². The highest BCUT2D eigenvalue weighted by Gasteiger charge is 2.36. The molecule has 0 spiro atoms. The molecule has 0 bridgehead atoms. The van der Waals surface area contributed by atoms with Crippen LogP contribution in [0.25, 0.3) is 0 Å². The number of halogens is 1. The average molecular weight is 402 g/mol. The van der Waals surface area contributed by atoms with Gasteiger partial charge in [-0.05, 0) is 53.9 Å². The summed E-state index contributed by atoms with van der Waals surface area (Å²) < 4.78 is 13.1.